The van der Waals surface area contributed by atoms with Gasteiger partial charge in [0.25, 0.3) is 5.91 Å². The van der Waals surface area contributed by atoms with Crippen molar-refractivity contribution >= 4 is 38.2 Å². The number of halogens is 2. The van der Waals surface area contributed by atoms with E-state index in [0.29, 0.717) is 41.2 Å². The van der Waals surface area contributed by atoms with Gasteiger partial charge in [0.05, 0.1) is 28.2 Å². The molecule has 0 unspecified atom stereocenters. The van der Waals surface area contributed by atoms with Crippen LogP contribution >= 0.6 is 0 Å². The van der Waals surface area contributed by atoms with E-state index in [1.807, 2.05) is 23.6 Å². The zero-order chi connectivity index (χ0) is 28.6. The monoisotopic (exact) mass is 567 g/mol. The Bertz CT molecular complexity index is 1730. The molecule has 40 heavy (non-hydrogen) atoms. The molecule has 1 aliphatic heterocycles. The molecule has 1 amide bonds. The van der Waals surface area contributed by atoms with Gasteiger partial charge in [-0.2, -0.15) is 0 Å². The molecule has 3 aromatic carbocycles. The smallest absolute Gasteiger partial charge is 0.281 e. The van der Waals surface area contributed by atoms with Crippen molar-refractivity contribution in [2.45, 2.75) is 24.6 Å². The SMILES string of the molecule is CN(C)CCn1c(CN2C(=O)/C(=N/OCc3ccc(S(C)(=O)=O)cc3)c3cc(F)ccc32)nc2ccc(F)cc21. The summed E-state index contributed by atoms with van der Waals surface area (Å²) in [5.41, 5.74) is 2.51. The van der Waals surface area contributed by atoms with Crippen LogP contribution in [0.2, 0.25) is 0 Å². The van der Waals surface area contributed by atoms with Gasteiger partial charge >= 0.3 is 0 Å². The molecule has 9 nitrogen and oxygen atoms in total. The summed E-state index contributed by atoms with van der Waals surface area (Å²) >= 11 is 0. The van der Waals surface area contributed by atoms with E-state index in [1.54, 1.807) is 18.2 Å². The fourth-order valence-electron chi connectivity index (χ4n) is 4.49. The van der Waals surface area contributed by atoms with Gasteiger partial charge in [0.2, 0.25) is 0 Å². The van der Waals surface area contributed by atoms with Crippen LogP contribution in [0.3, 0.4) is 0 Å². The number of hydrogen-bond acceptors (Lipinski definition) is 7. The highest BCUT2D eigenvalue weighted by molar-refractivity contribution is 7.90. The molecule has 0 bridgehead atoms. The third-order valence-electron chi connectivity index (χ3n) is 6.55. The van der Waals surface area contributed by atoms with Gasteiger partial charge in [-0.3, -0.25) is 9.69 Å². The number of imidazole rings is 1. The van der Waals surface area contributed by atoms with Crippen LogP contribution in [0.25, 0.3) is 11.0 Å². The lowest BCUT2D eigenvalue weighted by Gasteiger charge is -2.19. The van der Waals surface area contributed by atoms with Crippen LogP contribution in [0.5, 0.6) is 0 Å². The number of benzene rings is 3. The number of oxime groups is 1. The first-order valence-corrected chi connectivity index (χ1v) is 14.3. The lowest BCUT2D eigenvalue weighted by molar-refractivity contribution is -0.112. The van der Waals surface area contributed by atoms with E-state index in [2.05, 4.69) is 10.1 Å². The van der Waals surface area contributed by atoms with Crippen LogP contribution in [-0.2, 0) is 39.2 Å². The average Bonchev–Trinajstić information content (AvgIpc) is 3.36. The zero-order valence-corrected chi connectivity index (χ0v) is 23.0. The quantitative estimate of drug-likeness (QED) is 0.286. The Labute approximate surface area is 230 Å². The van der Waals surface area contributed by atoms with Gasteiger partial charge in [-0.15, -0.1) is 0 Å². The molecule has 0 saturated carbocycles. The molecule has 1 aliphatic rings. The van der Waals surface area contributed by atoms with Gasteiger partial charge in [0.15, 0.2) is 15.5 Å². The van der Waals surface area contributed by atoms with Gasteiger partial charge in [-0.05, 0) is 68.2 Å². The first-order chi connectivity index (χ1) is 19.0. The van der Waals surface area contributed by atoms with Gasteiger partial charge in [-0.1, -0.05) is 17.3 Å². The first-order valence-electron chi connectivity index (χ1n) is 12.4. The van der Waals surface area contributed by atoms with Crippen molar-refractivity contribution in [2.75, 3.05) is 31.8 Å². The molecule has 0 radical (unpaired) electrons. The summed E-state index contributed by atoms with van der Waals surface area (Å²) in [7, 11) is 0.521. The number of likely N-dealkylation sites (N-methyl/N-ethyl adjacent to an activating group) is 1. The predicted octanol–water partition coefficient (Wildman–Crippen LogP) is 3.75. The molecule has 208 valence electrons. The molecule has 0 aliphatic carbocycles. The van der Waals surface area contributed by atoms with E-state index in [1.165, 1.54) is 47.4 Å². The number of carbonyl (C=O) groups is 1. The summed E-state index contributed by atoms with van der Waals surface area (Å²) < 4.78 is 53.5. The van der Waals surface area contributed by atoms with E-state index < -0.39 is 21.6 Å². The Kier molecular flexibility index (Phi) is 7.39. The zero-order valence-electron chi connectivity index (χ0n) is 22.1. The van der Waals surface area contributed by atoms with Crippen molar-refractivity contribution in [2.24, 2.45) is 5.16 Å². The third kappa shape index (κ3) is 5.58. The Balaban J connectivity index is 1.43. The standard InChI is InChI=1S/C28H27F2N5O4S/c1-33(2)12-13-34-25-15-20(30)6-10-23(25)31-26(34)16-35-24-11-7-19(29)14-22(24)27(28(35)36)32-39-17-18-4-8-21(9-5-18)40(3,37)38/h4-11,14-15H,12-13,16-17H2,1-3H3/b32-27+. The highest BCUT2D eigenvalue weighted by Gasteiger charge is 2.36. The molecule has 12 heteroatoms. The van der Waals surface area contributed by atoms with Crippen LogP contribution in [0, 0.1) is 11.6 Å². The van der Waals surface area contributed by atoms with Gasteiger partial charge < -0.3 is 14.3 Å². The summed E-state index contributed by atoms with van der Waals surface area (Å²) in [6.07, 6.45) is 1.12. The minimum absolute atomic E-state index is 0.0304. The second-order valence-corrected chi connectivity index (χ2v) is 11.8. The molecule has 0 saturated heterocycles. The third-order valence-corrected chi connectivity index (χ3v) is 7.68. The minimum Gasteiger partial charge on any atom is -0.390 e. The molecule has 0 atom stereocenters. The van der Waals surface area contributed by atoms with Gasteiger partial charge in [0.1, 0.15) is 24.1 Å². The van der Waals surface area contributed by atoms with Crippen LogP contribution < -0.4 is 4.90 Å². The van der Waals surface area contributed by atoms with Crippen LogP contribution in [-0.4, -0.2) is 61.4 Å². The number of fused-ring (bicyclic) bond motifs is 2. The molecular weight excluding hydrogens is 540 g/mol. The highest BCUT2D eigenvalue weighted by Crippen LogP contribution is 2.32. The minimum atomic E-state index is -3.33. The predicted molar refractivity (Wildman–Crippen MR) is 147 cm³/mol. The maximum absolute atomic E-state index is 14.2. The number of rotatable bonds is 9. The Morgan fingerprint density at radius 3 is 2.40 bits per heavy atom. The average molecular weight is 568 g/mol. The van der Waals surface area contributed by atoms with E-state index in [9.17, 15) is 22.0 Å². The molecule has 0 N–H and O–H groups in total. The van der Waals surface area contributed by atoms with Crippen LogP contribution in [0.1, 0.15) is 17.0 Å². The summed E-state index contributed by atoms with van der Waals surface area (Å²) in [4.78, 5) is 27.3. The second kappa shape index (κ2) is 10.8. The van der Waals surface area contributed by atoms with E-state index >= 15 is 0 Å². The Hall–Kier alpha value is -4.16. The first kappa shape index (κ1) is 27.4. The number of sulfone groups is 1. The Morgan fingerprint density at radius 1 is 1.00 bits per heavy atom. The number of anilines is 1. The van der Waals surface area contributed by atoms with Crippen molar-refractivity contribution < 1.29 is 26.8 Å². The van der Waals surface area contributed by atoms with Crippen LogP contribution in [0.15, 0.2) is 70.7 Å². The normalized spacial score (nSPS) is 14.5. The fraction of sp³-hybridized carbons (Fsp3) is 0.250. The summed E-state index contributed by atoms with van der Waals surface area (Å²) in [6.45, 7) is 1.20. The number of aromatic nitrogens is 2. The van der Waals surface area contributed by atoms with E-state index in [4.69, 9.17) is 4.84 Å². The number of hydrogen-bond donors (Lipinski definition) is 0. The van der Waals surface area contributed by atoms with Crippen molar-refractivity contribution in [1.29, 1.82) is 0 Å². The van der Waals surface area contributed by atoms with Crippen LogP contribution in [0.4, 0.5) is 14.5 Å². The second-order valence-electron chi connectivity index (χ2n) is 9.80. The molecule has 2 heterocycles. The van der Waals surface area contributed by atoms with Crippen molar-refractivity contribution in [3.63, 3.8) is 0 Å². The summed E-state index contributed by atoms with van der Waals surface area (Å²) in [5.74, 6) is -0.878. The lowest BCUT2D eigenvalue weighted by Crippen LogP contribution is -2.31. The molecule has 1 aromatic heterocycles. The summed E-state index contributed by atoms with van der Waals surface area (Å²) in [5, 5.41) is 4.04. The Morgan fingerprint density at radius 2 is 1.70 bits per heavy atom. The fourth-order valence-corrected chi connectivity index (χ4v) is 5.12. The van der Waals surface area contributed by atoms with Crippen molar-refractivity contribution in [3.05, 3.63) is 89.2 Å². The number of carbonyl (C=O) groups excluding carboxylic acids is 1. The largest absolute Gasteiger partial charge is 0.390 e. The molecule has 0 fully saturated rings. The van der Waals surface area contributed by atoms with Gasteiger partial charge in [-0.25, -0.2) is 22.2 Å². The topological polar surface area (TPSA) is 97.1 Å². The summed E-state index contributed by atoms with van der Waals surface area (Å²) in [6, 6.07) is 14.4. The highest BCUT2D eigenvalue weighted by atomic mass is 32.2. The van der Waals surface area contributed by atoms with Crippen molar-refractivity contribution in [1.82, 2.24) is 14.5 Å². The maximum Gasteiger partial charge on any atom is 0.281 e. The molecule has 4 aromatic rings. The maximum atomic E-state index is 14.2. The molecule has 0 spiro atoms. The number of amides is 1. The van der Waals surface area contributed by atoms with E-state index in [0.717, 1.165) is 6.26 Å². The molecule has 5 rings (SSSR count). The lowest BCUT2D eigenvalue weighted by atomic mass is 10.1. The number of nitrogens with zero attached hydrogens (tertiary/aromatic N) is 5. The van der Waals surface area contributed by atoms with Gasteiger partial charge in [0, 0.05) is 24.9 Å². The van der Waals surface area contributed by atoms with E-state index in [-0.39, 0.29) is 35.1 Å². The van der Waals surface area contributed by atoms with Crippen molar-refractivity contribution in [3.8, 4) is 0 Å². The molecular formula is C28H27F2N5O4S.